The summed E-state index contributed by atoms with van der Waals surface area (Å²) in [5.41, 5.74) is 0.990. The monoisotopic (exact) mass is 280 g/mol. The molecule has 2 aliphatic carbocycles. The van der Waals surface area contributed by atoms with Crippen LogP contribution in [0.5, 0.6) is 0 Å². The second-order valence-electron chi connectivity index (χ2n) is 7.96. The van der Waals surface area contributed by atoms with E-state index < -0.39 is 0 Å². The largest absolute Gasteiger partial charge is 0.374 e. The fourth-order valence-electron chi connectivity index (χ4n) is 4.98. The van der Waals surface area contributed by atoms with Crippen LogP contribution < -0.4 is 5.32 Å². The molecule has 116 valence electrons. The Morgan fingerprint density at radius 3 is 2.70 bits per heavy atom. The van der Waals surface area contributed by atoms with Crippen molar-refractivity contribution in [3.63, 3.8) is 0 Å². The van der Waals surface area contributed by atoms with Gasteiger partial charge in [0.05, 0.1) is 12.7 Å². The maximum atomic E-state index is 5.93. The van der Waals surface area contributed by atoms with Gasteiger partial charge in [-0.05, 0) is 42.6 Å². The summed E-state index contributed by atoms with van der Waals surface area (Å²) >= 11 is 0. The number of rotatable bonds is 4. The van der Waals surface area contributed by atoms with Gasteiger partial charge in [-0.2, -0.15) is 0 Å². The van der Waals surface area contributed by atoms with Crippen LogP contribution in [-0.4, -0.2) is 49.8 Å². The predicted octanol–water partition coefficient (Wildman–Crippen LogP) is 2.51. The summed E-state index contributed by atoms with van der Waals surface area (Å²) in [7, 11) is 0. The molecule has 0 radical (unpaired) electrons. The first kappa shape index (κ1) is 14.8. The van der Waals surface area contributed by atoms with Crippen LogP contribution in [0.3, 0.4) is 0 Å². The lowest BCUT2D eigenvalue weighted by Gasteiger charge is -2.41. The van der Waals surface area contributed by atoms with Crippen molar-refractivity contribution < 1.29 is 4.74 Å². The minimum absolute atomic E-state index is 0.384. The topological polar surface area (TPSA) is 24.5 Å². The van der Waals surface area contributed by atoms with Gasteiger partial charge >= 0.3 is 0 Å². The molecule has 2 saturated carbocycles. The molecule has 3 fully saturated rings. The Hall–Kier alpha value is -0.120. The number of ether oxygens (including phenoxy) is 1. The van der Waals surface area contributed by atoms with Gasteiger partial charge in [0.1, 0.15) is 0 Å². The normalized spacial score (nSPS) is 44.1. The minimum atomic E-state index is 0.384. The molecule has 4 unspecified atom stereocenters. The zero-order valence-corrected chi connectivity index (χ0v) is 13.7. The number of nitrogens with one attached hydrogen (secondary N) is 1. The first-order valence-corrected chi connectivity index (χ1v) is 8.54. The number of fused-ring (bicyclic) bond motifs is 2. The van der Waals surface area contributed by atoms with Gasteiger partial charge in [0, 0.05) is 25.7 Å². The number of hydrogen-bond acceptors (Lipinski definition) is 3. The van der Waals surface area contributed by atoms with E-state index in [0.29, 0.717) is 23.0 Å². The molecule has 3 nitrogen and oxygen atoms in total. The Morgan fingerprint density at radius 2 is 2.10 bits per heavy atom. The Labute approximate surface area is 124 Å². The van der Waals surface area contributed by atoms with Gasteiger partial charge in [0.15, 0.2) is 0 Å². The highest BCUT2D eigenvalue weighted by atomic mass is 16.5. The SMILES string of the molecule is CCN1CCOC(CNC2CC3CCC2(C)C3(C)C)C1. The lowest BCUT2D eigenvalue weighted by molar-refractivity contribution is -0.0290. The molecule has 3 heteroatoms. The van der Waals surface area contributed by atoms with Crippen LogP contribution in [0, 0.1) is 16.7 Å². The molecular weight excluding hydrogens is 248 g/mol. The van der Waals surface area contributed by atoms with Crippen LogP contribution >= 0.6 is 0 Å². The Morgan fingerprint density at radius 1 is 1.30 bits per heavy atom. The summed E-state index contributed by atoms with van der Waals surface area (Å²) in [5.74, 6) is 0.921. The molecule has 0 aromatic heterocycles. The average Bonchev–Trinajstić information content (AvgIpc) is 2.78. The van der Waals surface area contributed by atoms with Crippen LogP contribution in [-0.2, 0) is 4.74 Å². The molecule has 20 heavy (non-hydrogen) atoms. The van der Waals surface area contributed by atoms with E-state index in [0.717, 1.165) is 38.7 Å². The predicted molar refractivity (Wildman–Crippen MR) is 82.9 cm³/mol. The standard InChI is InChI=1S/C17H32N2O/c1-5-19-8-9-20-14(12-19)11-18-15-10-13-6-7-17(15,4)16(13,2)3/h13-15,18H,5-12H2,1-4H3. The molecule has 2 bridgehead atoms. The van der Waals surface area contributed by atoms with Gasteiger partial charge in [-0.3, -0.25) is 4.90 Å². The molecule has 3 rings (SSSR count). The van der Waals surface area contributed by atoms with E-state index in [-0.39, 0.29) is 0 Å². The van der Waals surface area contributed by atoms with E-state index in [4.69, 9.17) is 4.74 Å². The average molecular weight is 280 g/mol. The first-order chi connectivity index (χ1) is 9.47. The Kier molecular flexibility index (Phi) is 3.89. The molecule has 3 aliphatic rings. The Balaban J connectivity index is 1.55. The lowest BCUT2D eigenvalue weighted by atomic mass is 9.69. The smallest absolute Gasteiger partial charge is 0.0826 e. The van der Waals surface area contributed by atoms with Crippen LogP contribution in [0.2, 0.25) is 0 Å². The molecule has 4 atom stereocenters. The molecule has 0 amide bonds. The van der Waals surface area contributed by atoms with E-state index in [1.807, 2.05) is 0 Å². The van der Waals surface area contributed by atoms with Crippen LogP contribution in [0.1, 0.15) is 47.0 Å². The summed E-state index contributed by atoms with van der Waals surface area (Å²) in [5, 5.41) is 3.87. The number of likely N-dealkylation sites (N-methyl/N-ethyl adjacent to an activating group) is 1. The quantitative estimate of drug-likeness (QED) is 0.856. The molecule has 0 aromatic rings. The van der Waals surface area contributed by atoms with Gasteiger partial charge in [-0.25, -0.2) is 0 Å². The molecule has 1 heterocycles. The lowest BCUT2D eigenvalue weighted by Crippen LogP contribution is -2.51. The van der Waals surface area contributed by atoms with Gasteiger partial charge in [0.25, 0.3) is 0 Å². The van der Waals surface area contributed by atoms with Crippen molar-refractivity contribution in [1.29, 1.82) is 0 Å². The molecule has 0 aromatic carbocycles. The highest BCUT2D eigenvalue weighted by molar-refractivity contribution is 5.13. The third-order valence-corrected chi connectivity index (χ3v) is 7.06. The second kappa shape index (κ2) is 5.26. The first-order valence-electron chi connectivity index (χ1n) is 8.54. The highest BCUT2D eigenvalue weighted by Gasteiger charge is 2.61. The van der Waals surface area contributed by atoms with E-state index >= 15 is 0 Å². The summed E-state index contributed by atoms with van der Waals surface area (Å²) in [6, 6.07) is 0.692. The van der Waals surface area contributed by atoms with E-state index in [1.54, 1.807) is 0 Å². The van der Waals surface area contributed by atoms with Crippen molar-refractivity contribution >= 4 is 0 Å². The summed E-state index contributed by atoms with van der Waals surface area (Å²) in [6.45, 7) is 15.0. The highest BCUT2D eigenvalue weighted by Crippen LogP contribution is 2.65. The number of hydrogen-bond donors (Lipinski definition) is 1. The van der Waals surface area contributed by atoms with Crippen molar-refractivity contribution in [3.05, 3.63) is 0 Å². The van der Waals surface area contributed by atoms with Gasteiger partial charge < -0.3 is 10.1 Å². The van der Waals surface area contributed by atoms with Gasteiger partial charge in [0.2, 0.25) is 0 Å². The minimum Gasteiger partial charge on any atom is -0.374 e. The van der Waals surface area contributed by atoms with Crippen molar-refractivity contribution in [1.82, 2.24) is 10.2 Å². The van der Waals surface area contributed by atoms with Crippen molar-refractivity contribution in [2.75, 3.05) is 32.8 Å². The van der Waals surface area contributed by atoms with Crippen molar-refractivity contribution in [2.45, 2.75) is 59.1 Å². The van der Waals surface area contributed by atoms with Crippen LogP contribution in [0.4, 0.5) is 0 Å². The third-order valence-electron chi connectivity index (χ3n) is 7.06. The maximum Gasteiger partial charge on any atom is 0.0826 e. The van der Waals surface area contributed by atoms with Crippen molar-refractivity contribution in [2.24, 2.45) is 16.7 Å². The fourth-order valence-corrected chi connectivity index (χ4v) is 4.98. The third kappa shape index (κ3) is 2.22. The van der Waals surface area contributed by atoms with E-state index in [1.165, 1.54) is 19.3 Å². The van der Waals surface area contributed by atoms with Gasteiger partial charge in [-0.1, -0.05) is 27.7 Å². The molecule has 1 aliphatic heterocycles. The zero-order chi connectivity index (χ0) is 14.4. The van der Waals surface area contributed by atoms with Gasteiger partial charge in [-0.15, -0.1) is 0 Å². The molecule has 1 saturated heterocycles. The summed E-state index contributed by atoms with van der Waals surface area (Å²) in [6.07, 6.45) is 4.59. The molecule has 0 spiro atoms. The van der Waals surface area contributed by atoms with E-state index in [2.05, 4.69) is 37.9 Å². The van der Waals surface area contributed by atoms with Crippen LogP contribution in [0.15, 0.2) is 0 Å². The molecular formula is C17H32N2O. The number of morpholine rings is 1. The summed E-state index contributed by atoms with van der Waals surface area (Å²) in [4.78, 5) is 2.50. The number of nitrogens with zero attached hydrogens (tertiary/aromatic N) is 1. The Bertz CT molecular complexity index is 357. The zero-order valence-electron chi connectivity index (χ0n) is 13.7. The fraction of sp³-hybridized carbons (Fsp3) is 1.00. The summed E-state index contributed by atoms with van der Waals surface area (Å²) < 4.78 is 5.93. The van der Waals surface area contributed by atoms with Crippen molar-refractivity contribution in [3.8, 4) is 0 Å². The second-order valence-corrected chi connectivity index (χ2v) is 7.96. The van der Waals surface area contributed by atoms with Crippen LogP contribution in [0.25, 0.3) is 0 Å². The van der Waals surface area contributed by atoms with E-state index in [9.17, 15) is 0 Å². The molecule has 1 N–H and O–H groups in total. The maximum absolute atomic E-state index is 5.93.